The first kappa shape index (κ1) is 29.9. The molecule has 4 amide bonds. The van der Waals surface area contributed by atoms with Gasteiger partial charge in [-0.25, -0.2) is 0 Å². The molecule has 10 heteroatoms. The lowest BCUT2D eigenvalue weighted by Crippen LogP contribution is -2.36. The highest BCUT2D eigenvalue weighted by Crippen LogP contribution is 2.35. The number of piperidine rings is 1. The number of ether oxygens (including phenoxy) is 2. The fourth-order valence-corrected chi connectivity index (χ4v) is 5.75. The van der Waals surface area contributed by atoms with Crippen LogP contribution in [0.15, 0.2) is 71.6 Å². The summed E-state index contributed by atoms with van der Waals surface area (Å²) >= 11 is 0.785. The monoisotopic (exact) mass is 599 g/mol. The molecule has 2 heterocycles. The minimum atomic E-state index is -0.531. The standard InChI is InChI=1S/C33H33N3O6S/c1-22-8-4-5-9-26(22)34-30(37)20-36-32(39)29(43-33(36)40)19-24-12-15-27(28(18-24)41-2)42-21-23-10-13-25(14-11-23)31(38)35-16-6-3-7-17-35/h4-5,8-15,18-19H,3,6-7,16-17,20-21H2,1-2H3,(H,34,37)/b29-19-. The predicted molar refractivity (Wildman–Crippen MR) is 166 cm³/mol. The number of thioether (sulfide) groups is 1. The van der Waals surface area contributed by atoms with Gasteiger partial charge < -0.3 is 19.7 Å². The number of nitrogens with zero attached hydrogens (tertiary/aromatic N) is 2. The molecule has 2 fully saturated rings. The second kappa shape index (κ2) is 13.6. The lowest BCUT2D eigenvalue weighted by Gasteiger charge is -2.26. The van der Waals surface area contributed by atoms with Crippen LogP contribution in [0.4, 0.5) is 10.5 Å². The van der Waals surface area contributed by atoms with Crippen molar-refractivity contribution < 1.29 is 28.7 Å². The molecule has 3 aromatic carbocycles. The number of para-hydroxylation sites is 1. The molecule has 1 N–H and O–H groups in total. The van der Waals surface area contributed by atoms with Gasteiger partial charge in [-0.15, -0.1) is 0 Å². The molecule has 2 aliphatic rings. The maximum atomic E-state index is 13.0. The van der Waals surface area contributed by atoms with Crippen molar-refractivity contribution >= 4 is 46.5 Å². The summed E-state index contributed by atoms with van der Waals surface area (Å²) in [6, 6.07) is 19.9. The molecule has 0 bridgehead atoms. The summed E-state index contributed by atoms with van der Waals surface area (Å²) in [7, 11) is 1.52. The fraction of sp³-hybridized carbons (Fsp3) is 0.273. The summed E-state index contributed by atoms with van der Waals surface area (Å²) in [6.07, 6.45) is 4.87. The Morgan fingerprint density at radius 3 is 2.42 bits per heavy atom. The van der Waals surface area contributed by atoms with Crippen molar-refractivity contribution in [1.82, 2.24) is 9.80 Å². The van der Waals surface area contributed by atoms with E-state index < -0.39 is 17.1 Å². The molecule has 0 aromatic heterocycles. The zero-order valence-electron chi connectivity index (χ0n) is 24.1. The molecule has 2 aliphatic heterocycles. The highest BCUT2D eigenvalue weighted by atomic mass is 32.2. The molecular weight excluding hydrogens is 566 g/mol. The fourth-order valence-electron chi connectivity index (χ4n) is 4.91. The van der Waals surface area contributed by atoms with Gasteiger partial charge in [0.25, 0.3) is 17.1 Å². The molecule has 43 heavy (non-hydrogen) atoms. The molecule has 0 unspecified atom stereocenters. The first-order chi connectivity index (χ1) is 20.8. The van der Waals surface area contributed by atoms with Crippen molar-refractivity contribution in [1.29, 1.82) is 0 Å². The van der Waals surface area contributed by atoms with Crippen LogP contribution in [-0.2, 0) is 16.2 Å². The molecule has 0 radical (unpaired) electrons. The van der Waals surface area contributed by atoms with Crippen LogP contribution in [0.1, 0.15) is 46.3 Å². The molecule has 0 spiro atoms. The van der Waals surface area contributed by atoms with E-state index >= 15 is 0 Å². The quantitative estimate of drug-likeness (QED) is 0.306. The van der Waals surface area contributed by atoms with E-state index in [1.54, 1.807) is 36.4 Å². The van der Waals surface area contributed by atoms with Crippen molar-refractivity contribution in [3.8, 4) is 11.5 Å². The summed E-state index contributed by atoms with van der Waals surface area (Å²) in [4.78, 5) is 53.8. The van der Waals surface area contributed by atoms with Crippen molar-refractivity contribution in [3.05, 3.63) is 93.9 Å². The number of anilines is 1. The number of carbonyl (C=O) groups excluding carboxylic acids is 4. The Kier molecular flexibility index (Phi) is 9.46. The molecule has 222 valence electrons. The van der Waals surface area contributed by atoms with E-state index in [-0.39, 0.29) is 24.0 Å². The van der Waals surface area contributed by atoms with Gasteiger partial charge in [0.05, 0.1) is 12.0 Å². The maximum absolute atomic E-state index is 13.0. The first-order valence-electron chi connectivity index (χ1n) is 14.1. The number of benzene rings is 3. The largest absolute Gasteiger partial charge is 0.493 e. The number of aryl methyl sites for hydroxylation is 1. The SMILES string of the molecule is COc1cc(/C=C2\SC(=O)N(CC(=O)Nc3ccccc3C)C2=O)ccc1OCc1ccc(C(=O)N2CCCCC2)cc1. The second-order valence-electron chi connectivity index (χ2n) is 10.4. The van der Waals surface area contributed by atoms with Crippen LogP contribution in [-0.4, -0.2) is 59.5 Å². The lowest BCUT2D eigenvalue weighted by molar-refractivity contribution is -0.127. The van der Waals surface area contributed by atoms with Crippen LogP contribution >= 0.6 is 11.8 Å². The summed E-state index contributed by atoms with van der Waals surface area (Å²) in [5, 5.41) is 2.24. The van der Waals surface area contributed by atoms with E-state index in [0.717, 1.165) is 53.7 Å². The van der Waals surface area contributed by atoms with Gasteiger partial charge in [0, 0.05) is 24.3 Å². The Bertz CT molecular complexity index is 1560. The van der Waals surface area contributed by atoms with Gasteiger partial charge in [0.15, 0.2) is 11.5 Å². The second-order valence-corrected chi connectivity index (χ2v) is 11.4. The topological polar surface area (TPSA) is 105 Å². The number of nitrogens with one attached hydrogen (secondary N) is 1. The normalized spacial score (nSPS) is 16.0. The smallest absolute Gasteiger partial charge is 0.294 e. The third-order valence-electron chi connectivity index (χ3n) is 7.32. The maximum Gasteiger partial charge on any atom is 0.294 e. The Morgan fingerprint density at radius 2 is 1.70 bits per heavy atom. The van der Waals surface area contributed by atoms with E-state index in [9.17, 15) is 19.2 Å². The predicted octanol–water partition coefficient (Wildman–Crippen LogP) is 5.88. The number of imide groups is 1. The van der Waals surface area contributed by atoms with Crippen molar-refractivity contribution in [2.75, 3.05) is 32.1 Å². The van der Waals surface area contributed by atoms with Gasteiger partial charge in [-0.2, -0.15) is 0 Å². The zero-order chi connectivity index (χ0) is 30.3. The summed E-state index contributed by atoms with van der Waals surface area (Å²) in [5.74, 6) is 0.0464. The number of carbonyl (C=O) groups is 4. The molecule has 3 aromatic rings. The molecule has 5 rings (SSSR count). The van der Waals surface area contributed by atoms with Crippen molar-refractivity contribution in [2.24, 2.45) is 0 Å². The van der Waals surface area contributed by atoms with Crippen LogP contribution < -0.4 is 14.8 Å². The van der Waals surface area contributed by atoms with Gasteiger partial charge in [-0.1, -0.05) is 36.4 Å². The third-order valence-corrected chi connectivity index (χ3v) is 8.23. The van der Waals surface area contributed by atoms with Gasteiger partial charge in [0.2, 0.25) is 5.91 Å². The van der Waals surface area contributed by atoms with E-state index in [0.29, 0.717) is 28.3 Å². The Labute approximate surface area is 254 Å². The van der Waals surface area contributed by atoms with Crippen LogP contribution in [0, 0.1) is 6.92 Å². The number of methoxy groups -OCH3 is 1. The first-order valence-corrected chi connectivity index (χ1v) is 14.9. The van der Waals surface area contributed by atoms with E-state index in [1.165, 1.54) is 13.5 Å². The summed E-state index contributed by atoms with van der Waals surface area (Å²) in [5.41, 5.74) is 3.72. The molecule has 9 nitrogen and oxygen atoms in total. The Hall–Kier alpha value is -4.57. The highest BCUT2D eigenvalue weighted by Gasteiger charge is 2.36. The van der Waals surface area contributed by atoms with Crippen molar-refractivity contribution in [3.63, 3.8) is 0 Å². The van der Waals surface area contributed by atoms with Gasteiger partial charge >= 0.3 is 0 Å². The third kappa shape index (κ3) is 7.26. The molecule has 2 saturated heterocycles. The molecule has 0 saturated carbocycles. The van der Waals surface area contributed by atoms with E-state index in [4.69, 9.17) is 9.47 Å². The van der Waals surface area contributed by atoms with Crippen LogP contribution in [0.25, 0.3) is 6.08 Å². The Morgan fingerprint density at radius 1 is 0.953 bits per heavy atom. The summed E-state index contributed by atoms with van der Waals surface area (Å²) in [6.45, 7) is 3.38. The number of amides is 4. The van der Waals surface area contributed by atoms with Crippen LogP contribution in [0.2, 0.25) is 0 Å². The minimum Gasteiger partial charge on any atom is -0.493 e. The summed E-state index contributed by atoms with van der Waals surface area (Å²) < 4.78 is 11.5. The van der Waals surface area contributed by atoms with Crippen LogP contribution in [0.5, 0.6) is 11.5 Å². The van der Waals surface area contributed by atoms with Gasteiger partial charge in [0.1, 0.15) is 13.2 Å². The van der Waals surface area contributed by atoms with Gasteiger partial charge in [-0.05, 0) is 91.0 Å². The van der Waals surface area contributed by atoms with Crippen LogP contribution in [0.3, 0.4) is 0 Å². The molecule has 0 aliphatic carbocycles. The average Bonchev–Trinajstić information content (AvgIpc) is 3.28. The van der Waals surface area contributed by atoms with E-state index in [1.807, 2.05) is 48.2 Å². The highest BCUT2D eigenvalue weighted by molar-refractivity contribution is 8.18. The van der Waals surface area contributed by atoms with Gasteiger partial charge in [-0.3, -0.25) is 24.1 Å². The lowest BCUT2D eigenvalue weighted by atomic mass is 10.1. The zero-order valence-corrected chi connectivity index (χ0v) is 24.9. The number of likely N-dealkylation sites (tertiary alicyclic amines) is 1. The molecule has 0 atom stereocenters. The average molecular weight is 600 g/mol. The Balaban J connectivity index is 1.19. The van der Waals surface area contributed by atoms with E-state index in [2.05, 4.69) is 5.32 Å². The number of rotatable bonds is 9. The number of hydrogen-bond donors (Lipinski definition) is 1. The number of hydrogen-bond acceptors (Lipinski definition) is 7. The van der Waals surface area contributed by atoms with Crippen molar-refractivity contribution in [2.45, 2.75) is 32.8 Å². The minimum absolute atomic E-state index is 0.0628. The molecular formula is C33H33N3O6S.